The quantitative estimate of drug-likeness (QED) is 0.760. The predicted molar refractivity (Wildman–Crippen MR) is 62.0 cm³/mol. The molecule has 2 rings (SSSR count). The molecular weight excluding hydrogens is 220 g/mol. The highest BCUT2D eigenvalue weighted by Gasteiger charge is 2.02. The molecule has 0 aliphatic heterocycles. The first-order valence-corrected chi connectivity index (χ1v) is 5.80. The van der Waals surface area contributed by atoms with Crippen LogP contribution in [0.3, 0.4) is 0 Å². The Labute approximate surface area is 98.1 Å². The van der Waals surface area contributed by atoms with Crippen molar-refractivity contribution < 1.29 is 4.42 Å². The summed E-state index contributed by atoms with van der Waals surface area (Å²) in [6, 6.07) is 9.48. The topological polar surface area (TPSA) is 49.8 Å². The van der Waals surface area contributed by atoms with E-state index in [1.165, 1.54) is 0 Å². The van der Waals surface area contributed by atoms with Crippen molar-refractivity contribution >= 4 is 11.8 Å². The van der Waals surface area contributed by atoms with Crippen molar-refractivity contribution in [2.75, 3.05) is 0 Å². The Morgan fingerprint density at radius 3 is 3.06 bits per heavy atom. The van der Waals surface area contributed by atoms with Crippen LogP contribution in [0.2, 0.25) is 0 Å². The van der Waals surface area contributed by atoms with E-state index in [4.69, 9.17) is 9.68 Å². The minimum absolute atomic E-state index is 0.648. The van der Waals surface area contributed by atoms with Gasteiger partial charge in [-0.25, -0.2) is 4.98 Å². The molecule has 0 aliphatic rings. The summed E-state index contributed by atoms with van der Waals surface area (Å²) < 4.78 is 5.23. The van der Waals surface area contributed by atoms with Crippen LogP contribution in [-0.4, -0.2) is 4.98 Å². The van der Waals surface area contributed by atoms with Gasteiger partial charge in [-0.15, -0.1) is 0 Å². The second-order valence-corrected chi connectivity index (χ2v) is 4.31. The van der Waals surface area contributed by atoms with E-state index in [-0.39, 0.29) is 0 Å². The van der Waals surface area contributed by atoms with E-state index in [1.807, 2.05) is 19.1 Å². The van der Waals surface area contributed by atoms with Gasteiger partial charge >= 0.3 is 0 Å². The fraction of sp³-hybridized carbons (Fsp3) is 0.167. The molecule has 0 saturated heterocycles. The van der Waals surface area contributed by atoms with Gasteiger partial charge in [-0.1, -0.05) is 11.8 Å². The highest BCUT2D eigenvalue weighted by molar-refractivity contribution is 7.98. The zero-order chi connectivity index (χ0) is 11.4. The van der Waals surface area contributed by atoms with Crippen LogP contribution >= 0.6 is 11.8 Å². The number of rotatable bonds is 3. The fourth-order valence-corrected chi connectivity index (χ4v) is 2.19. The maximum Gasteiger partial charge on any atom is 0.114 e. The van der Waals surface area contributed by atoms with Crippen LogP contribution in [0.4, 0.5) is 0 Å². The Morgan fingerprint density at radius 1 is 1.50 bits per heavy atom. The molecule has 0 aliphatic carbocycles. The van der Waals surface area contributed by atoms with E-state index in [1.54, 1.807) is 30.2 Å². The van der Waals surface area contributed by atoms with Gasteiger partial charge in [0.15, 0.2) is 0 Å². The van der Waals surface area contributed by atoms with Crippen molar-refractivity contribution in [3.8, 4) is 6.07 Å². The Balaban J connectivity index is 2.10. The number of pyridine rings is 1. The maximum absolute atomic E-state index is 8.83. The standard InChI is InChI=1S/C12H10N2OS/c1-9-5-10(7-13)6-12(14-9)16-8-11-3-2-4-15-11/h2-6H,8H2,1H3. The molecule has 3 nitrogen and oxygen atoms in total. The van der Waals surface area contributed by atoms with E-state index >= 15 is 0 Å². The molecule has 0 amide bonds. The van der Waals surface area contributed by atoms with Crippen LogP contribution in [0.1, 0.15) is 17.0 Å². The summed E-state index contributed by atoms with van der Waals surface area (Å²) in [5.74, 6) is 1.64. The van der Waals surface area contributed by atoms with E-state index < -0.39 is 0 Å². The third-order valence-corrected chi connectivity index (χ3v) is 2.94. The molecule has 0 fully saturated rings. The second-order valence-electron chi connectivity index (χ2n) is 3.32. The molecular formula is C12H10N2OS. The molecule has 0 bridgehead atoms. The number of hydrogen-bond donors (Lipinski definition) is 0. The van der Waals surface area contributed by atoms with Crippen LogP contribution in [-0.2, 0) is 5.75 Å². The molecule has 0 atom stereocenters. The van der Waals surface area contributed by atoms with Gasteiger partial charge in [-0.3, -0.25) is 0 Å². The monoisotopic (exact) mass is 230 g/mol. The lowest BCUT2D eigenvalue weighted by Crippen LogP contribution is -1.88. The van der Waals surface area contributed by atoms with Gasteiger partial charge in [0.2, 0.25) is 0 Å². The average Bonchev–Trinajstić information content (AvgIpc) is 2.78. The normalized spacial score (nSPS) is 10.0. The Bertz CT molecular complexity index is 514. The van der Waals surface area contributed by atoms with Crippen LogP contribution < -0.4 is 0 Å². The van der Waals surface area contributed by atoms with Crippen molar-refractivity contribution in [3.63, 3.8) is 0 Å². The Morgan fingerprint density at radius 2 is 2.38 bits per heavy atom. The number of nitriles is 1. The lowest BCUT2D eigenvalue weighted by Gasteiger charge is -2.01. The van der Waals surface area contributed by atoms with Gasteiger partial charge in [0.25, 0.3) is 0 Å². The smallest absolute Gasteiger partial charge is 0.114 e. The van der Waals surface area contributed by atoms with Crippen molar-refractivity contribution in [1.29, 1.82) is 5.26 Å². The SMILES string of the molecule is Cc1cc(C#N)cc(SCc2ccco2)n1. The largest absolute Gasteiger partial charge is 0.468 e. The average molecular weight is 230 g/mol. The van der Waals surface area contributed by atoms with Crippen molar-refractivity contribution in [2.45, 2.75) is 17.7 Å². The number of nitrogens with zero attached hydrogens (tertiary/aromatic N) is 2. The molecule has 80 valence electrons. The minimum atomic E-state index is 0.648. The van der Waals surface area contributed by atoms with E-state index in [0.29, 0.717) is 5.56 Å². The van der Waals surface area contributed by atoms with Crippen molar-refractivity contribution in [2.24, 2.45) is 0 Å². The second kappa shape index (κ2) is 4.86. The highest BCUT2D eigenvalue weighted by atomic mass is 32.2. The predicted octanol–water partition coefficient (Wildman–Crippen LogP) is 3.15. The van der Waals surface area contributed by atoms with Crippen molar-refractivity contribution in [3.05, 3.63) is 47.5 Å². The summed E-state index contributed by atoms with van der Waals surface area (Å²) in [6.07, 6.45) is 1.65. The van der Waals surface area contributed by atoms with Crippen LogP contribution in [0.25, 0.3) is 0 Å². The summed E-state index contributed by atoms with van der Waals surface area (Å²) in [5, 5.41) is 9.69. The van der Waals surface area contributed by atoms with Gasteiger partial charge < -0.3 is 4.42 Å². The third-order valence-electron chi connectivity index (χ3n) is 2.00. The summed E-state index contributed by atoms with van der Waals surface area (Å²) in [5.41, 5.74) is 1.51. The molecule has 0 saturated carbocycles. The molecule has 0 spiro atoms. The number of thioether (sulfide) groups is 1. The van der Waals surface area contributed by atoms with E-state index in [0.717, 1.165) is 22.2 Å². The molecule has 0 unspecified atom stereocenters. The van der Waals surface area contributed by atoms with Crippen molar-refractivity contribution in [1.82, 2.24) is 4.98 Å². The first-order chi connectivity index (χ1) is 7.78. The van der Waals surface area contributed by atoms with Crippen LogP contribution in [0.15, 0.2) is 40.0 Å². The Kier molecular flexibility index (Phi) is 3.28. The van der Waals surface area contributed by atoms with E-state index in [2.05, 4.69) is 11.1 Å². The van der Waals surface area contributed by atoms with Gasteiger partial charge in [0.1, 0.15) is 5.76 Å². The van der Waals surface area contributed by atoms with Gasteiger partial charge in [-0.2, -0.15) is 5.26 Å². The highest BCUT2D eigenvalue weighted by Crippen LogP contribution is 2.22. The lowest BCUT2D eigenvalue weighted by atomic mass is 10.2. The number of aryl methyl sites for hydroxylation is 1. The summed E-state index contributed by atoms with van der Waals surface area (Å²) in [6.45, 7) is 1.89. The number of furan rings is 1. The lowest BCUT2D eigenvalue weighted by molar-refractivity contribution is 0.530. The van der Waals surface area contributed by atoms with Crippen LogP contribution in [0, 0.1) is 18.3 Å². The molecule has 0 radical (unpaired) electrons. The van der Waals surface area contributed by atoms with Gasteiger partial charge in [0.05, 0.1) is 28.7 Å². The summed E-state index contributed by atoms with van der Waals surface area (Å²) in [7, 11) is 0. The number of hydrogen-bond acceptors (Lipinski definition) is 4. The summed E-state index contributed by atoms with van der Waals surface area (Å²) >= 11 is 1.57. The van der Waals surface area contributed by atoms with E-state index in [9.17, 15) is 0 Å². The fourth-order valence-electron chi connectivity index (χ4n) is 1.32. The first kappa shape index (κ1) is 10.8. The molecule has 2 aromatic rings. The van der Waals surface area contributed by atoms with Gasteiger partial charge in [-0.05, 0) is 31.2 Å². The van der Waals surface area contributed by atoms with Crippen LogP contribution in [0.5, 0.6) is 0 Å². The molecule has 4 heteroatoms. The van der Waals surface area contributed by atoms with Gasteiger partial charge in [0, 0.05) is 5.69 Å². The molecule has 2 heterocycles. The molecule has 0 aromatic carbocycles. The summed E-state index contributed by atoms with van der Waals surface area (Å²) in [4.78, 5) is 4.35. The first-order valence-electron chi connectivity index (χ1n) is 4.82. The molecule has 2 aromatic heterocycles. The molecule has 0 N–H and O–H groups in total. The molecule has 16 heavy (non-hydrogen) atoms. The maximum atomic E-state index is 8.83. The number of aromatic nitrogens is 1. The Hall–Kier alpha value is -1.73. The minimum Gasteiger partial charge on any atom is -0.468 e. The third kappa shape index (κ3) is 2.65. The zero-order valence-electron chi connectivity index (χ0n) is 8.80. The zero-order valence-corrected chi connectivity index (χ0v) is 9.62.